The van der Waals surface area contributed by atoms with E-state index in [4.69, 9.17) is 4.74 Å². The summed E-state index contributed by atoms with van der Waals surface area (Å²) in [4.78, 5) is 24.5. The first-order valence-electron chi connectivity index (χ1n) is 6.25. The zero-order chi connectivity index (χ0) is 15.9. The highest BCUT2D eigenvalue weighted by atomic mass is 79.9. The molecule has 0 aliphatic carbocycles. The number of hydrogen-bond donors (Lipinski definition) is 2. The van der Waals surface area contributed by atoms with Gasteiger partial charge in [0, 0.05) is 16.5 Å². The molecule has 0 aliphatic heterocycles. The van der Waals surface area contributed by atoms with Crippen LogP contribution in [0.3, 0.4) is 0 Å². The Balaban J connectivity index is 1.89. The fourth-order valence-electron chi connectivity index (χ4n) is 1.58. The average molecular weight is 381 g/mol. The highest BCUT2D eigenvalue weighted by Gasteiger charge is 2.09. The van der Waals surface area contributed by atoms with Crippen molar-refractivity contribution in [1.29, 1.82) is 0 Å². The maximum absolute atomic E-state index is 11.9. The van der Waals surface area contributed by atoms with Crippen molar-refractivity contribution in [2.24, 2.45) is 0 Å². The van der Waals surface area contributed by atoms with Gasteiger partial charge in [0.05, 0.1) is 11.6 Å². The molecule has 22 heavy (non-hydrogen) atoms. The van der Waals surface area contributed by atoms with E-state index in [0.29, 0.717) is 15.8 Å². The second-order valence-electron chi connectivity index (χ2n) is 4.14. The van der Waals surface area contributed by atoms with Crippen molar-refractivity contribution in [3.8, 4) is 5.75 Å². The molecule has 0 fully saturated rings. The highest BCUT2D eigenvalue weighted by Crippen LogP contribution is 2.25. The summed E-state index contributed by atoms with van der Waals surface area (Å²) < 4.78 is 5.75. The van der Waals surface area contributed by atoms with Crippen molar-refractivity contribution in [2.75, 3.05) is 7.11 Å². The topological polar surface area (TPSA) is 67.4 Å². The summed E-state index contributed by atoms with van der Waals surface area (Å²) in [6.07, 6.45) is 3.03. The molecule has 0 bridgehead atoms. The van der Waals surface area contributed by atoms with E-state index in [9.17, 15) is 9.59 Å². The monoisotopic (exact) mass is 380 g/mol. The zero-order valence-corrected chi connectivity index (χ0v) is 14.0. The van der Waals surface area contributed by atoms with Gasteiger partial charge in [0.15, 0.2) is 0 Å². The lowest BCUT2D eigenvalue weighted by molar-refractivity contribution is -0.117. The molecule has 2 aromatic rings. The van der Waals surface area contributed by atoms with Crippen molar-refractivity contribution in [3.63, 3.8) is 0 Å². The third kappa shape index (κ3) is 4.44. The molecule has 2 N–H and O–H groups in total. The third-order valence-electron chi connectivity index (χ3n) is 2.66. The SMILES string of the molecule is COc1ccc(C(=O)NNC(=O)C=Cc2cccs2)cc1Br. The second kappa shape index (κ2) is 7.77. The second-order valence-corrected chi connectivity index (χ2v) is 5.98. The minimum absolute atomic E-state index is 0.398. The quantitative estimate of drug-likeness (QED) is 0.632. The van der Waals surface area contributed by atoms with Crippen LogP contribution in [0.2, 0.25) is 0 Å². The van der Waals surface area contributed by atoms with Gasteiger partial charge >= 0.3 is 0 Å². The number of hydrogen-bond acceptors (Lipinski definition) is 4. The lowest BCUT2D eigenvalue weighted by Gasteiger charge is -2.07. The molecule has 0 atom stereocenters. The van der Waals surface area contributed by atoms with Crippen LogP contribution < -0.4 is 15.6 Å². The maximum Gasteiger partial charge on any atom is 0.269 e. The van der Waals surface area contributed by atoms with Gasteiger partial charge in [0.25, 0.3) is 11.8 Å². The van der Waals surface area contributed by atoms with E-state index in [1.165, 1.54) is 17.4 Å². The number of ether oxygens (including phenoxy) is 1. The molecule has 0 unspecified atom stereocenters. The summed E-state index contributed by atoms with van der Waals surface area (Å²) in [5.74, 6) is -0.199. The van der Waals surface area contributed by atoms with Gasteiger partial charge in [-0.05, 0) is 51.7 Å². The minimum Gasteiger partial charge on any atom is -0.496 e. The van der Waals surface area contributed by atoms with Crippen molar-refractivity contribution in [2.45, 2.75) is 0 Å². The summed E-state index contributed by atoms with van der Waals surface area (Å²) in [5, 5.41) is 1.92. The molecule has 0 spiro atoms. The van der Waals surface area contributed by atoms with E-state index in [1.54, 1.807) is 31.4 Å². The Morgan fingerprint density at radius 3 is 2.73 bits per heavy atom. The van der Waals surface area contributed by atoms with Gasteiger partial charge in [-0.2, -0.15) is 0 Å². The molecule has 0 saturated carbocycles. The van der Waals surface area contributed by atoms with Gasteiger partial charge in [-0.1, -0.05) is 6.07 Å². The van der Waals surface area contributed by atoms with Gasteiger partial charge in [0.2, 0.25) is 0 Å². The van der Waals surface area contributed by atoms with Gasteiger partial charge in [-0.15, -0.1) is 11.3 Å². The Morgan fingerprint density at radius 2 is 2.09 bits per heavy atom. The molecular weight excluding hydrogens is 368 g/mol. The van der Waals surface area contributed by atoms with Gasteiger partial charge in [0.1, 0.15) is 5.75 Å². The molecule has 5 nitrogen and oxygen atoms in total. The number of thiophene rings is 1. The molecule has 7 heteroatoms. The lowest BCUT2D eigenvalue weighted by atomic mass is 10.2. The Labute approximate surface area is 140 Å². The van der Waals surface area contributed by atoms with E-state index < -0.39 is 11.8 Å². The molecule has 0 saturated heterocycles. The lowest BCUT2D eigenvalue weighted by Crippen LogP contribution is -2.40. The normalized spacial score (nSPS) is 10.5. The van der Waals surface area contributed by atoms with E-state index in [1.807, 2.05) is 17.5 Å². The number of methoxy groups -OCH3 is 1. The van der Waals surface area contributed by atoms with Gasteiger partial charge < -0.3 is 4.74 Å². The number of halogens is 1. The fourth-order valence-corrected chi connectivity index (χ4v) is 2.74. The van der Waals surface area contributed by atoms with Crippen molar-refractivity contribution >= 4 is 45.2 Å². The number of hydrazine groups is 1. The van der Waals surface area contributed by atoms with Crippen LogP contribution in [0.15, 0.2) is 46.3 Å². The molecule has 1 aromatic heterocycles. The molecule has 2 amide bonds. The Morgan fingerprint density at radius 1 is 1.27 bits per heavy atom. The minimum atomic E-state index is -0.416. The van der Waals surface area contributed by atoms with Crippen LogP contribution in [0.5, 0.6) is 5.75 Å². The van der Waals surface area contributed by atoms with Crippen LogP contribution in [-0.2, 0) is 4.79 Å². The van der Waals surface area contributed by atoms with Crippen LogP contribution >= 0.6 is 27.3 Å². The number of rotatable bonds is 4. The molecule has 2 rings (SSSR count). The van der Waals surface area contributed by atoms with Crippen LogP contribution in [0.1, 0.15) is 15.2 Å². The zero-order valence-electron chi connectivity index (χ0n) is 11.6. The number of nitrogens with one attached hydrogen (secondary N) is 2. The smallest absolute Gasteiger partial charge is 0.269 e. The third-order valence-corrected chi connectivity index (χ3v) is 4.11. The van der Waals surface area contributed by atoms with Crippen molar-refractivity contribution < 1.29 is 14.3 Å². The van der Waals surface area contributed by atoms with Crippen LogP contribution in [-0.4, -0.2) is 18.9 Å². The first kappa shape index (κ1) is 16.3. The number of benzene rings is 1. The van der Waals surface area contributed by atoms with Gasteiger partial charge in [-0.3, -0.25) is 20.4 Å². The molecule has 114 valence electrons. The molecule has 1 heterocycles. The summed E-state index contributed by atoms with van der Waals surface area (Å²) in [6.45, 7) is 0. The predicted octanol–water partition coefficient (Wildman–Crippen LogP) is 2.99. The molecule has 0 radical (unpaired) electrons. The fraction of sp³-hybridized carbons (Fsp3) is 0.0667. The Bertz CT molecular complexity index is 699. The van der Waals surface area contributed by atoms with E-state index in [0.717, 1.165) is 4.88 Å². The summed E-state index contributed by atoms with van der Waals surface area (Å²) >= 11 is 4.82. The van der Waals surface area contributed by atoms with E-state index in [2.05, 4.69) is 26.8 Å². The van der Waals surface area contributed by atoms with Crippen LogP contribution in [0.4, 0.5) is 0 Å². The largest absolute Gasteiger partial charge is 0.496 e. The van der Waals surface area contributed by atoms with E-state index in [-0.39, 0.29) is 0 Å². The van der Waals surface area contributed by atoms with Gasteiger partial charge in [-0.25, -0.2) is 0 Å². The van der Waals surface area contributed by atoms with Crippen molar-refractivity contribution in [1.82, 2.24) is 10.9 Å². The van der Waals surface area contributed by atoms with Crippen LogP contribution in [0, 0.1) is 0 Å². The molecule has 0 aliphatic rings. The summed E-state index contributed by atoms with van der Waals surface area (Å²) in [6, 6.07) is 8.67. The number of carbonyl (C=O) groups is 2. The first-order valence-corrected chi connectivity index (χ1v) is 7.93. The van der Waals surface area contributed by atoms with Crippen LogP contribution in [0.25, 0.3) is 6.08 Å². The van der Waals surface area contributed by atoms with E-state index >= 15 is 0 Å². The standard InChI is InChI=1S/C15H13BrN2O3S/c1-21-13-6-4-10(9-12(13)16)15(20)18-17-14(19)7-5-11-3-2-8-22-11/h2-9H,1H3,(H,17,19)(H,18,20). The molecular formula is C15H13BrN2O3S. The summed E-state index contributed by atoms with van der Waals surface area (Å²) in [7, 11) is 1.54. The summed E-state index contributed by atoms with van der Waals surface area (Å²) in [5.41, 5.74) is 5.07. The average Bonchev–Trinajstić information content (AvgIpc) is 3.03. The maximum atomic E-state index is 11.9. The van der Waals surface area contributed by atoms with Crippen molar-refractivity contribution in [3.05, 3.63) is 56.7 Å². The number of amides is 2. The highest BCUT2D eigenvalue weighted by molar-refractivity contribution is 9.10. The Hall–Kier alpha value is -2.12. The molecule has 1 aromatic carbocycles. The predicted molar refractivity (Wildman–Crippen MR) is 89.7 cm³/mol. The number of carbonyl (C=O) groups excluding carboxylic acids is 2. The Kier molecular flexibility index (Phi) is 5.74. The first-order chi connectivity index (χ1) is 10.6.